The molecule has 0 spiro atoms. The molecule has 16 nitrogen and oxygen atoms in total. The van der Waals surface area contributed by atoms with Crippen molar-refractivity contribution >= 4 is 47.5 Å². The number of unbranched alkanes of at least 4 members (excludes halogenated alkanes) is 2. The van der Waals surface area contributed by atoms with Crippen LogP contribution in [0.15, 0.2) is 66.7 Å². The molecule has 72 heavy (non-hydrogen) atoms. The van der Waals surface area contributed by atoms with Gasteiger partial charge < -0.3 is 34.7 Å². The molecular formula is C56H84N6O10. The van der Waals surface area contributed by atoms with Gasteiger partial charge in [0, 0.05) is 47.1 Å². The summed E-state index contributed by atoms with van der Waals surface area (Å²) >= 11 is 0. The van der Waals surface area contributed by atoms with Gasteiger partial charge in [-0.2, -0.15) is 0 Å². The smallest absolute Gasteiger partial charge is 0.333 e. The molecule has 0 aliphatic carbocycles. The van der Waals surface area contributed by atoms with Crippen molar-refractivity contribution in [3.8, 4) is 0 Å². The summed E-state index contributed by atoms with van der Waals surface area (Å²) in [7, 11) is 6.74. The minimum Gasteiger partial charge on any atom is -0.379 e. The number of amides is 6. The molecule has 2 N–H and O–H groups in total. The van der Waals surface area contributed by atoms with Gasteiger partial charge in [-0.15, -0.1) is 5.06 Å². The van der Waals surface area contributed by atoms with Crippen molar-refractivity contribution in [2.75, 3.05) is 41.4 Å². The van der Waals surface area contributed by atoms with Crippen LogP contribution in [-0.2, 0) is 54.3 Å². The molecule has 0 bridgehead atoms. The van der Waals surface area contributed by atoms with Gasteiger partial charge in [0.25, 0.3) is 11.8 Å². The first-order valence-corrected chi connectivity index (χ1v) is 26.1. The van der Waals surface area contributed by atoms with E-state index in [-0.39, 0.29) is 79.1 Å². The van der Waals surface area contributed by atoms with Crippen LogP contribution in [0.4, 0.5) is 0 Å². The van der Waals surface area contributed by atoms with Crippen LogP contribution in [0.2, 0.25) is 0 Å². The highest BCUT2D eigenvalue weighted by Crippen LogP contribution is 2.30. The van der Waals surface area contributed by atoms with Crippen LogP contribution in [0.5, 0.6) is 0 Å². The minimum atomic E-state index is -0.864. The Hall–Kier alpha value is -5.45. The van der Waals surface area contributed by atoms with Gasteiger partial charge in [-0.1, -0.05) is 134 Å². The Morgan fingerprint density at radius 1 is 0.806 bits per heavy atom. The molecule has 0 saturated carbocycles. The SMILES string of the molecule is CC[C@H](C)[C@@H]([C@@H](CC(=O)N1CCC[C@H]1[C@H](OC)[C@@H](C)C(=O)N[C@H](/C=C/c1ccccc1)Cc1ccccc1)OC)N(C)C(=O)[C@@H](NC(=O)[C@H](C(C)C)N(C)CCCCCC(=O)ON1C(=O)CCC1=O)C(C)C. The lowest BCUT2D eigenvalue weighted by Gasteiger charge is -2.41. The summed E-state index contributed by atoms with van der Waals surface area (Å²) in [6.07, 6.45) is 7.42. The molecule has 0 unspecified atom stereocenters. The fourth-order valence-corrected chi connectivity index (χ4v) is 10.2. The molecule has 2 fully saturated rings. The van der Waals surface area contributed by atoms with Gasteiger partial charge in [0.1, 0.15) is 6.04 Å². The van der Waals surface area contributed by atoms with Crippen molar-refractivity contribution in [2.24, 2.45) is 23.7 Å². The highest BCUT2D eigenvalue weighted by molar-refractivity contribution is 6.01. The number of likely N-dealkylation sites (tertiary alicyclic amines) is 1. The van der Waals surface area contributed by atoms with E-state index in [2.05, 4.69) is 10.6 Å². The molecule has 4 rings (SSSR count). The lowest BCUT2D eigenvalue weighted by molar-refractivity contribution is -0.197. The monoisotopic (exact) mass is 1000 g/mol. The second-order valence-corrected chi connectivity index (χ2v) is 20.4. The van der Waals surface area contributed by atoms with Crippen LogP contribution in [-0.4, -0.2) is 145 Å². The maximum absolute atomic E-state index is 14.7. The minimum absolute atomic E-state index is 0.00201. The first-order valence-electron chi connectivity index (χ1n) is 26.1. The standard InChI is InChI=1S/C56H84N6O10/c1-12-39(6)52(60(9)56(69)50(37(2)3)58-55(68)51(38(4)5)59(8)33-21-15-20-28-49(66)72-62-46(63)31-32-47(62)64)45(70-10)36-48(65)61-34-22-27-44(61)53(71-11)40(7)54(67)57-43(35-42-25-18-14-19-26-42)30-29-41-23-16-13-17-24-41/h13-14,16-19,23-26,29-30,37-40,43-45,50-53H,12,15,20-22,27-28,31-36H2,1-11H3,(H,57,67)(H,58,68)/b30-29+/t39-,40+,43+,44-,45+,50-,51-,52-,53+/m0/s1. The van der Waals surface area contributed by atoms with Crippen molar-refractivity contribution in [3.63, 3.8) is 0 Å². The van der Waals surface area contributed by atoms with Gasteiger partial charge in [0.2, 0.25) is 23.6 Å². The van der Waals surface area contributed by atoms with Crippen molar-refractivity contribution in [1.82, 2.24) is 30.4 Å². The summed E-state index contributed by atoms with van der Waals surface area (Å²) < 4.78 is 12.2. The van der Waals surface area contributed by atoms with E-state index in [0.717, 1.165) is 17.5 Å². The number of hydroxylamine groups is 2. The molecule has 9 atom stereocenters. The Morgan fingerprint density at radius 2 is 1.44 bits per heavy atom. The van der Waals surface area contributed by atoms with E-state index in [0.29, 0.717) is 56.7 Å². The second kappa shape index (κ2) is 29.3. The number of hydrogen-bond acceptors (Lipinski definition) is 11. The molecule has 2 aliphatic heterocycles. The number of imide groups is 1. The largest absolute Gasteiger partial charge is 0.379 e. The van der Waals surface area contributed by atoms with E-state index in [1.807, 2.05) is 138 Å². The van der Waals surface area contributed by atoms with Crippen LogP contribution >= 0.6 is 0 Å². The maximum atomic E-state index is 14.7. The molecule has 398 valence electrons. The van der Waals surface area contributed by atoms with Crippen LogP contribution in [0.3, 0.4) is 0 Å². The third-order valence-electron chi connectivity index (χ3n) is 14.4. The Bertz CT molecular complexity index is 2090. The summed E-state index contributed by atoms with van der Waals surface area (Å²) in [5.74, 6) is -3.57. The van der Waals surface area contributed by atoms with Gasteiger partial charge >= 0.3 is 5.97 Å². The number of likely N-dealkylation sites (N-methyl/N-ethyl adjacent to an activating group) is 2. The summed E-state index contributed by atoms with van der Waals surface area (Å²) in [6, 6.07) is 17.4. The normalized spacial score (nSPS) is 18.5. The number of rotatable bonds is 29. The van der Waals surface area contributed by atoms with Gasteiger partial charge in [0.15, 0.2) is 0 Å². The van der Waals surface area contributed by atoms with Crippen molar-refractivity contribution in [2.45, 2.75) is 162 Å². The number of benzene rings is 2. The van der Waals surface area contributed by atoms with Crippen molar-refractivity contribution in [3.05, 3.63) is 77.9 Å². The van der Waals surface area contributed by atoms with Crippen LogP contribution in [0.1, 0.15) is 124 Å². The summed E-state index contributed by atoms with van der Waals surface area (Å²) in [6.45, 7) is 14.7. The molecule has 0 aromatic heterocycles. The summed E-state index contributed by atoms with van der Waals surface area (Å²) in [5.41, 5.74) is 2.12. The zero-order valence-electron chi connectivity index (χ0n) is 44.8. The predicted octanol–water partition coefficient (Wildman–Crippen LogP) is 6.61. The lowest BCUT2D eigenvalue weighted by Crippen LogP contribution is -2.60. The number of nitrogens with one attached hydrogen (secondary N) is 2. The van der Waals surface area contributed by atoms with Crippen LogP contribution in [0.25, 0.3) is 6.08 Å². The van der Waals surface area contributed by atoms with E-state index in [1.54, 1.807) is 26.2 Å². The fraction of sp³-hybridized carbons (Fsp3) is 0.625. The quantitative estimate of drug-likeness (QED) is 0.0661. The third-order valence-corrected chi connectivity index (χ3v) is 14.4. The summed E-state index contributed by atoms with van der Waals surface area (Å²) in [4.78, 5) is 104. The Kier molecular flexibility index (Phi) is 24.1. The van der Waals surface area contributed by atoms with E-state index < -0.39 is 54.0 Å². The van der Waals surface area contributed by atoms with Crippen molar-refractivity contribution < 1.29 is 47.9 Å². The van der Waals surface area contributed by atoms with Crippen LogP contribution in [0, 0.1) is 23.7 Å². The first-order chi connectivity index (χ1) is 34.3. The molecule has 2 heterocycles. The predicted molar refractivity (Wildman–Crippen MR) is 277 cm³/mol. The second-order valence-electron chi connectivity index (χ2n) is 20.4. The molecule has 2 aromatic carbocycles. The van der Waals surface area contributed by atoms with Gasteiger partial charge in [-0.25, -0.2) is 4.79 Å². The highest BCUT2D eigenvalue weighted by Gasteiger charge is 2.43. The van der Waals surface area contributed by atoms with E-state index in [9.17, 15) is 33.6 Å². The van der Waals surface area contributed by atoms with Gasteiger partial charge in [-0.3, -0.25) is 33.7 Å². The van der Waals surface area contributed by atoms with Crippen molar-refractivity contribution in [1.29, 1.82) is 0 Å². The fourth-order valence-electron chi connectivity index (χ4n) is 10.2. The average Bonchev–Trinajstić information content (AvgIpc) is 3.97. The zero-order valence-corrected chi connectivity index (χ0v) is 44.8. The topological polar surface area (TPSA) is 184 Å². The maximum Gasteiger partial charge on any atom is 0.333 e. The number of carbonyl (C=O) groups excluding carboxylic acids is 7. The number of methoxy groups -OCH3 is 2. The number of carbonyl (C=O) groups is 7. The Labute approximate surface area is 428 Å². The Morgan fingerprint density at radius 3 is 2.03 bits per heavy atom. The Balaban J connectivity index is 1.40. The molecular weight excluding hydrogens is 917 g/mol. The third kappa shape index (κ3) is 16.8. The first kappa shape index (κ1) is 59.1. The van der Waals surface area contributed by atoms with Gasteiger partial charge in [-0.05, 0) is 74.6 Å². The van der Waals surface area contributed by atoms with Gasteiger partial charge in [0.05, 0.1) is 48.7 Å². The van der Waals surface area contributed by atoms with Crippen LogP contribution < -0.4 is 10.6 Å². The summed E-state index contributed by atoms with van der Waals surface area (Å²) in [5, 5.41) is 6.91. The van der Waals surface area contributed by atoms with E-state index in [4.69, 9.17) is 14.3 Å². The molecule has 2 aromatic rings. The van der Waals surface area contributed by atoms with E-state index in [1.165, 1.54) is 0 Å². The lowest BCUT2D eigenvalue weighted by atomic mass is 9.89. The highest BCUT2D eigenvalue weighted by atomic mass is 16.7. The average molecular weight is 1000 g/mol. The molecule has 6 amide bonds. The molecule has 2 saturated heterocycles. The number of nitrogens with zero attached hydrogens (tertiary/aromatic N) is 4. The zero-order chi connectivity index (χ0) is 53.1. The molecule has 2 aliphatic rings. The molecule has 16 heteroatoms. The molecule has 0 radical (unpaired) electrons. The number of ether oxygens (including phenoxy) is 2. The van der Waals surface area contributed by atoms with E-state index >= 15 is 0 Å². The number of hydrogen-bond donors (Lipinski definition) is 2.